The van der Waals surface area contributed by atoms with Crippen molar-refractivity contribution < 1.29 is 19.2 Å². The smallest absolute Gasteiger partial charge is 0.376 e. The van der Waals surface area contributed by atoms with Crippen molar-refractivity contribution in [3.05, 3.63) is 60.6 Å². The minimum absolute atomic E-state index is 0.170. The molecular weight excluding hydrogens is 659 g/mol. The molecule has 1 aromatic carbocycles. The molecule has 4 heterocycles. The first kappa shape index (κ1) is 38.3. The Labute approximate surface area is 301 Å². The molecule has 10 nitrogen and oxygen atoms in total. The second-order valence-corrected chi connectivity index (χ2v) is 27.4. The third-order valence-electron chi connectivity index (χ3n) is 9.28. The summed E-state index contributed by atoms with van der Waals surface area (Å²) in [5.74, 6) is 0.830. The Kier molecular flexibility index (Phi) is 12.7. The van der Waals surface area contributed by atoms with Crippen LogP contribution >= 0.6 is 0 Å². The normalized spacial score (nSPS) is 14.6. The minimum Gasteiger partial charge on any atom is -0.437 e. The molecule has 0 amide bonds. The van der Waals surface area contributed by atoms with Crippen molar-refractivity contribution in [1.29, 1.82) is 0 Å². The molecule has 0 unspecified atom stereocenters. The highest BCUT2D eigenvalue weighted by atomic mass is 28.3. The molecule has 5 rings (SSSR count). The summed E-state index contributed by atoms with van der Waals surface area (Å²) < 4.78 is 20.5. The summed E-state index contributed by atoms with van der Waals surface area (Å²) in [6.07, 6.45) is 5.48. The lowest BCUT2D eigenvalue weighted by Crippen LogP contribution is -2.47. The van der Waals surface area contributed by atoms with Crippen molar-refractivity contribution >= 4 is 51.1 Å². The van der Waals surface area contributed by atoms with E-state index in [1.807, 2.05) is 48.9 Å². The number of aromatic nitrogens is 4. The Bertz CT molecular complexity index is 1730. The molecular formula is C37H57BN6O4Si2. The van der Waals surface area contributed by atoms with E-state index in [9.17, 15) is 5.02 Å². The van der Waals surface area contributed by atoms with Crippen LogP contribution in [0.2, 0.25) is 58.2 Å². The molecule has 1 N–H and O–H groups in total. The molecule has 0 atom stereocenters. The van der Waals surface area contributed by atoms with E-state index in [2.05, 4.69) is 67.7 Å². The predicted molar refractivity (Wildman–Crippen MR) is 212 cm³/mol. The van der Waals surface area contributed by atoms with Crippen LogP contribution in [0.4, 0.5) is 5.82 Å². The molecule has 0 bridgehead atoms. The molecule has 1 saturated heterocycles. The van der Waals surface area contributed by atoms with Crippen LogP contribution in [0.5, 0.6) is 0 Å². The fourth-order valence-corrected chi connectivity index (χ4v) is 7.82. The number of hydrogen-bond donors (Lipinski definition) is 1. The van der Waals surface area contributed by atoms with Crippen molar-refractivity contribution in [2.45, 2.75) is 90.5 Å². The van der Waals surface area contributed by atoms with Gasteiger partial charge in [0.15, 0.2) is 5.65 Å². The SMILES string of the molecule is C=C(C)c1c(CN(B(C)O)C2CCOCC2)nc2c(-c3cnc4ccccc4c3)cnn2c1N(COCC[Si](C)(C)C)COCC[Si](C)(C)C. The summed E-state index contributed by atoms with van der Waals surface area (Å²) >= 11 is 0. The molecule has 1 aliphatic rings. The van der Waals surface area contributed by atoms with Crippen LogP contribution in [-0.4, -0.2) is 98.5 Å². The maximum absolute atomic E-state index is 11.1. The van der Waals surface area contributed by atoms with Gasteiger partial charge in [0.05, 0.1) is 17.4 Å². The average Bonchev–Trinajstić information content (AvgIpc) is 3.48. The van der Waals surface area contributed by atoms with Crippen molar-refractivity contribution in [2.24, 2.45) is 0 Å². The van der Waals surface area contributed by atoms with E-state index in [1.54, 1.807) is 0 Å². The van der Waals surface area contributed by atoms with E-state index in [-0.39, 0.29) is 6.04 Å². The van der Waals surface area contributed by atoms with Gasteiger partial charge in [-0.05, 0) is 56.4 Å². The lowest BCUT2D eigenvalue weighted by Gasteiger charge is -2.36. The monoisotopic (exact) mass is 716 g/mol. The van der Waals surface area contributed by atoms with E-state index < -0.39 is 23.2 Å². The van der Waals surface area contributed by atoms with Crippen molar-refractivity contribution in [1.82, 2.24) is 24.4 Å². The van der Waals surface area contributed by atoms with Crippen LogP contribution in [0.15, 0.2) is 49.3 Å². The Hall–Kier alpha value is -2.91. The lowest BCUT2D eigenvalue weighted by atomic mass is 9.81. The standard InChI is InChI=1S/C37H57BN6O4Si2/c1-28(2)35-34(25-43(38(3)45)31-14-16-46-17-15-31)41-36-32(30-22-29-12-10-11-13-33(29)39-23-30)24-40-44(36)37(35)42(26-47-18-20-49(4,5)6)27-48-19-21-50(7,8)9/h10-13,22-24,31,45H,1,14-21,25-27H2,2-9H3. The molecule has 0 saturated carbocycles. The van der Waals surface area contributed by atoms with Crippen molar-refractivity contribution in [2.75, 3.05) is 44.8 Å². The van der Waals surface area contributed by atoms with Crippen LogP contribution in [0, 0.1) is 0 Å². The highest BCUT2D eigenvalue weighted by Gasteiger charge is 2.31. The Morgan fingerprint density at radius 3 is 2.26 bits per heavy atom. The van der Waals surface area contributed by atoms with Crippen LogP contribution in [-0.2, 0) is 20.8 Å². The van der Waals surface area contributed by atoms with E-state index in [1.165, 1.54) is 0 Å². The van der Waals surface area contributed by atoms with Gasteiger partial charge in [0.25, 0.3) is 0 Å². The lowest BCUT2D eigenvalue weighted by molar-refractivity contribution is 0.0519. The van der Waals surface area contributed by atoms with Crippen molar-refractivity contribution in [3.8, 4) is 11.1 Å². The number of allylic oxidation sites excluding steroid dienone is 1. The van der Waals surface area contributed by atoms with E-state index in [0.29, 0.717) is 52.1 Å². The van der Waals surface area contributed by atoms with Crippen LogP contribution < -0.4 is 4.90 Å². The number of pyridine rings is 1. The van der Waals surface area contributed by atoms with E-state index >= 15 is 0 Å². The number of rotatable bonds is 17. The van der Waals surface area contributed by atoms with Gasteiger partial charge >= 0.3 is 7.05 Å². The zero-order chi connectivity index (χ0) is 36.1. The van der Waals surface area contributed by atoms with Gasteiger partial charge in [-0.15, -0.1) is 0 Å². The highest BCUT2D eigenvalue weighted by Crippen LogP contribution is 2.35. The maximum Gasteiger partial charge on any atom is 0.376 e. The first-order valence-corrected chi connectivity index (χ1v) is 25.5. The number of fused-ring (bicyclic) bond motifs is 2. The summed E-state index contributed by atoms with van der Waals surface area (Å²) in [5, 5.41) is 17.2. The van der Waals surface area contributed by atoms with E-state index in [4.69, 9.17) is 29.3 Å². The molecule has 4 aromatic rings. The second kappa shape index (κ2) is 16.6. The molecule has 0 radical (unpaired) electrons. The second-order valence-electron chi connectivity index (χ2n) is 16.1. The van der Waals surface area contributed by atoms with Crippen LogP contribution in [0.3, 0.4) is 0 Å². The molecule has 1 fully saturated rings. The predicted octanol–water partition coefficient (Wildman–Crippen LogP) is 7.50. The van der Waals surface area contributed by atoms with Gasteiger partial charge in [-0.25, -0.2) is 4.98 Å². The zero-order valence-electron chi connectivity index (χ0n) is 31.5. The van der Waals surface area contributed by atoms with Crippen LogP contribution in [0.1, 0.15) is 31.0 Å². The van der Waals surface area contributed by atoms with Crippen molar-refractivity contribution in [3.63, 3.8) is 0 Å². The summed E-state index contributed by atoms with van der Waals surface area (Å²) in [4.78, 5) is 14.4. The van der Waals surface area contributed by atoms with Gasteiger partial charge in [-0.3, -0.25) is 4.98 Å². The first-order valence-electron chi connectivity index (χ1n) is 18.1. The van der Waals surface area contributed by atoms with Gasteiger partial charge in [-0.2, -0.15) is 9.61 Å². The van der Waals surface area contributed by atoms with Gasteiger partial charge in [0, 0.05) is 83.4 Å². The first-order chi connectivity index (χ1) is 23.7. The van der Waals surface area contributed by atoms with Gasteiger partial charge in [-0.1, -0.05) is 64.1 Å². The maximum atomic E-state index is 11.1. The summed E-state index contributed by atoms with van der Waals surface area (Å²) in [6, 6.07) is 12.6. The number of nitrogens with zero attached hydrogens (tertiary/aromatic N) is 6. The molecule has 50 heavy (non-hydrogen) atoms. The number of benzene rings is 1. The zero-order valence-corrected chi connectivity index (χ0v) is 33.5. The third kappa shape index (κ3) is 9.90. The Morgan fingerprint density at radius 1 is 1.02 bits per heavy atom. The third-order valence-corrected chi connectivity index (χ3v) is 12.7. The molecule has 0 spiro atoms. The molecule has 13 heteroatoms. The van der Waals surface area contributed by atoms with Gasteiger partial charge < -0.3 is 28.9 Å². The minimum atomic E-state index is -1.30. The number of anilines is 1. The Morgan fingerprint density at radius 2 is 1.66 bits per heavy atom. The molecule has 1 aliphatic heterocycles. The number of para-hydroxylation sites is 1. The largest absolute Gasteiger partial charge is 0.437 e. The summed E-state index contributed by atoms with van der Waals surface area (Å²) in [6.45, 7) is 26.3. The van der Waals surface area contributed by atoms with E-state index in [0.717, 1.165) is 69.6 Å². The summed E-state index contributed by atoms with van der Waals surface area (Å²) in [7, 11) is -3.26. The topological polar surface area (TPSA) is 97.5 Å². The average molecular weight is 717 g/mol. The Balaban J connectivity index is 1.66. The van der Waals surface area contributed by atoms with Gasteiger partial charge in [0.2, 0.25) is 0 Å². The molecule has 0 aliphatic carbocycles. The molecule has 270 valence electrons. The quantitative estimate of drug-likeness (QED) is 0.0677. The fourth-order valence-electron chi connectivity index (χ4n) is 6.31. The van der Waals surface area contributed by atoms with Gasteiger partial charge in [0.1, 0.15) is 19.3 Å². The number of ether oxygens (including phenoxy) is 3. The fraction of sp³-hybridized carbons (Fsp3) is 0.541. The molecule has 3 aromatic heterocycles. The number of hydrogen-bond acceptors (Lipinski definition) is 9. The highest BCUT2D eigenvalue weighted by molar-refractivity contribution is 6.76. The summed E-state index contributed by atoms with van der Waals surface area (Å²) in [5.41, 5.74) is 6.05. The van der Waals surface area contributed by atoms with Crippen LogP contribution in [0.25, 0.3) is 33.3 Å².